The van der Waals surface area contributed by atoms with Crippen molar-refractivity contribution in [2.45, 2.75) is 6.42 Å². The SMILES string of the molecule is COc1ccc(CC(CN)CO)cc1Cl. The minimum atomic E-state index is 0.0921. The average Bonchev–Trinajstić information content (AvgIpc) is 2.26. The minimum Gasteiger partial charge on any atom is -0.495 e. The number of hydrogen-bond acceptors (Lipinski definition) is 3. The van der Waals surface area contributed by atoms with Crippen LogP contribution < -0.4 is 10.5 Å². The number of rotatable bonds is 5. The molecule has 0 saturated heterocycles. The van der Waals surface area contributed by atoms with Crippen LogP contribution in [0.2, 0.25) is 5.02 Å². The highest BCUT2D eigenvalue weighted by Gasteiger charge is 2.08. The summed E-state index contributed by atoms with van der Waals surface area (Å²) in [5.41, 5.74) is 6.57. The Bertz CT molecular complexity index is 313. The highest BCUT2D eigenvalue weighted by molar-refractivity contribution is 6.32. The largest absolute Gasteiger partial charge is 0.495 e. The van der Waals surface area contributed by atoms with E-state index in [1.165, 1.54) is 0 Å². The van der Waals surface area contributed by atoms with Crippen molar-refractivity contribution in [1.29, 1.82) is 0 Å². The molecule has 0 heterocycles. The van der Waals surface area contributed by atoms with Crippen LogP contribution in [0.3, 0.4) is 0 Å². The molecule has 0 fully saturated rings. The third kappa shape index (κ3) is 3.38. The number of benzene rings is 1. The van der Waals surface area contributed by atoms with Crippen molar-refractivity contribution >= 4 is 11.6 Å². The summed E-state index contributed by atoms with van der Waals surface area (Å²) in [6.07, 6.45) is 0.733. The van der Waals surface area contributed by atoms with Gasteiger partial charge in [0.1, 0.15) is 5.75 Å². The molecule has 4 heteroatoms. The highest BCUT2D eigenvalue weighted by Crippen LogP contribution is 2.25. The second kappa shape index (κ2) is 5.95. The Kier molecular flexibility index (Phi) is 4.88. The van der Waals surface area contributed by atoms with E-state index >= 15 is 0 Å². The molecule has 84 valence electrons. The van der Waals surface area contributed by atoms with Crippen LogP contribution in [0, 0.1) is 5.92 Å². The second-order valence-electron chi connectivity index (χ2n) is 3.46. The minimum absolute atomic E-state index is 0.0921. The van der Waals surface area contributed by atoms with Crippen LogP contribution in [0.5, 0.6) is 5.75 Å². The average molecular weight is 230 g/mol. The molecule has 3 N–H and O–H groups in total. The van der Waals surface area contributed by atoms with E-state index in [-0.39, 0.29) is 12.5 Å². The number of halogens is 1. The summed E-state index contributed by atoms with van der Waals surface area (Å²) >= 11 is 5.98. The number of ether oxygens (including phenoxy) is 1. The van der Waals surface area contributed by atoms with Crippen molar-refractivity contribution in [3.05, 3.63) is 28.8 Å². The summed E-state index contributed by atoms with van der Waals surface area (Å²) in [5, 5.41) is 9.61. The van der Waals surface area contributed by atoms with E-state index in [1.807, 2.05) is 18.2 Å². The van der Waals surface area contributed by atoms with Crippen LogP contribution in [0.25, 0.3) is 0 Å². The normalized spacial score (nSPS) is 12.5. The fourth-order valence-electron chi connectivity index (χ4n) is 1.39. The molecule has 1 rings (SSSR count). The fraction of sp³-hybridized carbons (Fsp3) is 0.455. The lowest BCUT2D eigenvalue weighted by atomic mass is 10.0. The van der Waals surface area contributed by atoms with Crippen LogP contribution in [0.4, 0.5) is 0 Å². The lowest BCUT2D eigenvalue weighted by Gasteiger charge is -2.12. The van der Waals surface area contributed by atoms with Crippen LogP contribution in [0.1, 0.15) is 5.56 Å². The molecule has 0 saturated carbocycles. The maximum Gasteiger partial charge on any atom is 0.137 e. The first kappa shape index (κ1) is 12.3. The molecule has 3 nitrogen and oxygen atoms in total. The van der Waals surface area contributed by atoms with Gasteiger partial charge in [-0.2, -0.15) is 0 Å². The first-order chi connectivity index (χ1) is 7.21. The van der Waals surface area contributed by atoms with E-state index in [0.717, 1.165) is 12.0 Å². The zero-order valence-electron chi connectivity index (χ0n) is 8.74. The van der Waals surface area contributed by atoms with E-state index in [9.17, 15) is 0 Å². The van der Waals surface area contributed by atoms with Gasteiger partial charge >= 0.3 is 0 Å². The Morgan fingerprint density at radius 2 is 2.27 bits per heavy atom. The van der Waals surface area contributed by atoms with Gasteiger partial charge in [-0.25, -0.2) is 0 Å². The van der Waals surface area contributed by atoms with Crippen molar-refractivity contribution in [1.82, 2.24) is 0 Å². The molecule has 0 aliphatic carbocycles. The quantitative estimate of drug-likeness (QED) is 0.804. The Hall–Kier alpha value is -0.770. The molecule has 1 aromatic carbocycles. The number of aliphatic hydroxyl groups is 1. The van der Waals surface area contributed by atoms with Crippen molar-refractivity contribution in [3.63, 3.8) is 0 Å². The number of methoxy groups -OCH3 is 1. The molecule has 0 bridgehead atoms. The van der Waals surface area contributed by atoms with E-state index in [2.05, 4.69) is 0 Å². The summed E-state index contributed by atoms with van der Waals surface area (Å²) in [6.45, 7) is 0.570. The van der Waals surface area contributed by atoms with Gasteiger partial charge in [-0.1, -0.05) is 17.7 Å². The maximum atomic E-state index is 9.02. The predicted octanol–water partition coefficient (Wildman–Crippen LogP) is 1.46. The molecule has 0 aromatic heterocycles. The maximum absolute atomic E-state index is 9.02. The zero-order valence-corrected chi connectivity index (χ0v) is 9.50. The van der Waals surface area contributed by atoms with E-state index in [1.54, 1.807) is 7.11 Å². The van der Waals surface area contributed by atoms with Crippen molar-refractivity contribution in [3.8, 4) is 5.75 Å². The topological polar surface area (TPSA) is 55.5 Å². The number of nitrogens with two attached hydrogens (primary N) is 1. The molecular weight excluding hydrogens is 214 g/mol. The van der Waals surface area contributed by atoms with Gasteiger partial charge in [-0.15, -0.1) is 0 Å². The molecular formula is C11H16ClNO2. The molecule has 1 atom stereocenters. The van der Waals surface area contributed by atoms with Gasteiger partial charge in [-0.3, -0.25) is 0 Å². The van der Waals surface area contributed by atoms with Crippen LogP contribution in [-0.4, -0.2) is 25.4 Å². The molecule has 0 aliphatic heterocycles. The lowest BCUT2D eigenvalue weighted by Crippen LogP contribution is -2.20. The predicted molar refractivity (Wildman–Crippen MR) is 61.3 cm³/mol. The fourth-order valence-corrected chi connectivity index (χ4v) is 1.67. The van der Waals surface area contributed by atoms with Gasteiger partial charge in [0.25, 0.3) is 0 Å². The molecule has 15 heavy (non-hydrogen) atoms. The number of hydrogen-bond donors (Lipinski definition) is 2. The summed E-state index contributed by atoms with van der Waals surface area (Å²) < 4.78 is 5.05. The Labute approximate surface area is 94.8 Å². The first-order valence-electron chi connectivity index (χ1n) is 4.84. The van der Waals surface area contributed by atoms with Crippen molar-refractivity contribution in [2.24, 2.45) is 11.7 Å². The summed E-state index contributed by atoms with van der Waals surface area (Å²) in [5.74, 6) is 0.753. The molecule has 0 amide bonds. The first-order valence-corrected chi connectivity index (χ1v) is 5.22. The Morgan fingerprint density at radius 3 is 2.73 bits per heavy atom. The smallest absolute Gasteiger partial charge is 0.137 e. The summed E-state index contributed by atoms with van der Waals surface area (Å²) in [4.78, 5) is 0. The standard InChI is InChI=1S/C11H16ClNO2/c1-15-11-3-2-8(5-10(11)12)4-9(6-13)7-14/h2-3,5,9,14H,4,6-7,13H2,1H3. The monoisotopic (exact) mass is 229 g/mol. The third-order valence-electron chi connectivity index (χ3n) is 2.33. The van der Waals surface area contributed by atoms with Crippen LogP contribution in [-0.2, 0) is 6.42 Å². The van der Waals surface area contributed by atoms with Gasteiger partial charge < -0.3 is 15.6 Å². The molecule has 0 spiro atoms. The summed E-state index contributed by atoms with van der Waals surface area (Å²) in [7, 11) is 1.58. The van der Waals surface area contributed by atoms with Gasteiger partial charge in [0.15, 0.2) is 0 Å². The molecule has 1 aromatic rings. The van der Waals surface area contributed by atoms with Crippen molar-refractivity contribution < 1.29 is 9.84 Å². The Balaban J connectivity index is 2.74. The van der Waals surface area contributed by atoms with Gasteiger partial charge in [0.05, 0.1) is 12.1 Å². The zero-order chi connectivity index (χ0) is 11.3. The third-order valence-corrected chi connectivity index (χ3v) is 2.63. The van der Waals surface area contributed by atoms with Gasteiger partial charge in [0, 0.05) is 6.61 Å². The van der Waals surface area contributed by atoms with Crippen LogP contribution >= 0.6 is 11.6 Å². The van der Waals surface area contributed by atoms with E-state index in [4.69, 9.17) is 27.2 Å². The number of aliphatic hydroxyl groups excluding tert-OH is 1. The molecule has 0 radical (unpaired) electrons. The summed E-state index contributed by atoms with van der Waals surface area (Å²) in [6, 6.07) is 5.60. The molecule has 0 aliphatic rings. The van der Waals surface area contributed by atoms with E-state index in [0.29, 0.717) is 17.3 Å². The van der Waals surface area contributed by atoms with Crippen molar-refractivity contribution in [2.75, 3.05) is 20.3 Å². The lowest BCUT2D eigenvalue weighted by molar-refractivity contribution is 0.230. The van der Waals surface area contributed by atoms with E-state index < -0.39 is 0 Å². The van der Waals surface area contributed by atoms with Gasteiger partial charge in [-0.05, 0) is 36.6 Å². The Morgan fingerprint density at radius 1 is 1.53 bits per heavy atom. The second-order valence-corrected chi connectivity index (χ2v) is 3.86. The van der Waals surface area contributed by atoms with Gasteiger partial charge in [0.2, 0.25) is 0 Å². The highest BCUT2D eigenvalue weighted by atomic mass is 35.5. The van der Waals surface area contributed by atoms with Crippen LogP contribution in [0.15, 0.2) is 18.2 Å². The molecule has 1 unspecified atom stereocenters.